The first-order valence-electron chi connectivity index (χ1n) is 7.68. The quantitative estimate of drug-likeness (QED) is 0.348. The highest BCUT2D eigenvalue weighted by Gasteiger charge is 2.18. The first kappa shape index (κ1) is 22.7. The Hall–Kier alpha value is -1.29. The Balaban J connectivity index is 0.00000529. The number of nitrogens with zero attached hydrogens (tertiary/aromatic N) is 2. The molecule has 1 heterocycles. The number of likely N-dealkylation sites (N-methyl/N-ethyl adjacent to an activating group) is 1. The molecule has 1 atom stereocenters. The Morgan fingerprint density at radius 1 is 1.33 bits per heavy atom. The van der Waals surface area contributed by atoms with Crippen LogP contribution in [-0.4, -0.2) is 56.5 Å². The minimum atomic E-state index is -0.245. The van der Waals surface area contributed by atoms with Crippen molar-refractivity contribution < 1.29 is 9.21 Å². The van der Waals surface area contributed by atoms with Gasteiger partial charge in [0.15, 0.2) is 5.96 Å². The van der Waals surface area contributed by atoms with Crippen LogP contribution < -0.4 is 16.0 Å². The van der Waals surface area contributed by atoms with E-state index in [-0.39, 0.29) is 48.0 Å². The maximum atomic E-state index is 11.8. The van der Waals surface area contributed by atoms with Crippen LogP contribution in [0.5, 0.6) is 0 Å². The summed E-state index contributed by atoms with van der Waals surface area (Å²) in [6.07, 6.45) is 1.66. The van der Waals surface area contributed by atoms with E-state index in [4.69, 9.17) is 4.42 Å². The van der Waals surface area contributed by atoms with Crippen molar-refractivity contribution in [3.63, 3.8) is 0 Å². The lowest BCUT2D eigenvalue weighted by Crippen LogP contribution is -2.49. The molecule has 138 valence electrons. The third-order valence-electron chi connectivity index (χ3n) is 3.11. The fraction of sp³-hybridized carbons (Fsp3) is 0.625. The van der Waals surface area contributed by atoms with E-state index in [2.05, 4.69) is 25.8 Å². The average molecular weight is 451 g/mol. The van der Waals surface area contributed by atoms with E-state index in [1.807, 2.05) is 47.0 Å². The highest BCUT2D eigenvalue weighted by atomic mass is 127. The molecule has 0 aliphatic rings. The van der Waals surface area contributed by atoms with E-state index in [1.165, 1.54) is 0 Å². The number of carbonyl (C=O) groups is 1. The fourth-order valence-corrected chi connectivity index (χ4v) is 2.06. The van der Waals surface area contributed by atoms with Crippen LogP contribution in [-0.2, 0) is 4.79 Å². The van der Waals surface area contributed by atoms with Crippen molar-refractivity contribution in [1.82, 2.24) is 20.9 Å². The Morgan fingerprint density at radius 3 is 2.46 bits per heavy atom. The fourth-order valence-electron chi connectivity index (χ4n) is 2.06. The van der Waals surface area contributed by atoms with Crippen molar-refractivity contribution in [2.75, 3.05) is 34.2 Å². The molecule has 1 amide bonds. The molecule has 1 rings (SSSR count). The number of hydrogen-bond acceptors (Lipinski definition) is 4. The van der Waals surface area contributed by atoms with Gasteiger partial charge in [0, 0.05) is 19.1 Å². The number of halogens is 1. The molecule has 1 aromatic heterocycles. The van der Waals surface area contributed by atoms with Gasteiger partial charge in [-0.3, -0.25) is 14.7 Å². The van der Waals surface area contributed by atoms with Gasteiger partial charge in [-0.05, 0) is 47.0 Å². The summed E-state index contributed by atoms with van der Waals surface area (Å²) in [6, 6.07) is 3.89. The summed E-state index contributed by atoms with van der Waals surface area (Å²) in [4.78, 5) is 18.0. The second-order valence-electron chi connectivity index (χ2n) is 6.60. The van der Waals surface area contributed by atoms with Gasteiger partial charge in [-0.2, -0.15) is 0 Å². The summed E-state index contributed by atoms with van der Waals surface area (Å²) in [7, 11) is 5.65. The van der Waals surface area contributed by atoms with Gasteiger partial charge in [-0.1, -0.05) is 0 Å². The molecule has 0 spiro atoms. The van der Waals surface area contributed by atoms with Gasteiger partial charge in [-0.25, -0.2) is 0 Å². The minimum absolute atomic E-state index is 0. The highest BCUT2D eigenvalue weighted by Crippen LogP contribution is 2.17. The number of carbonyl (C=O) groups excluding carboxylic acids is 1. The topological polar surface area (TPSA) is 81.9 Å². The molecule has 3 N–H and O–H groups in total. The Morgan fingerprint density at radius 2 is 2.00 bits per heavy atom. The first-order valence-corrected chi connectivity index (χ1v) is 7.68. The molecular formula is C16H30IN5O2. The van der Waals surface area contributed by atoms with Gasteiger partial charge in [-0.15, -0.1) is 24.0 Å². The molecule has 0 aliphatic heterocycles. The third kappa shape index (κ3) is 8.53. The summed E-state index contributed by atoms with van der Waals surface area (Å²) < 4.78 is 5.47. The molecule has 0 bridgehead atoms. The molecule has 1 aromatic rings. The summed E-state index contributed by atoms with van der Waals surface area (Å²) in [5, 5.41) is 9.12. The number of guanidine groups is 1. The second-order valence-corrected chi connectivity index (χ2v) is 6.60. The molecular weight excluding hydrogens is 421 g/mol. The monoisotopic (exact) mass is 451 g/mol. The number of furan rings is 1. The van der Waals surface area contributed by atoms with E-state index < -0.39 is 0 Å². The van der Waals surface area contributed by atoms with Gasteiger partial charge in [0.05, 0.1) is 18.8 Å². The van der Waals surface area contributed by atoms with E-state index in [0.717, 1.165) is 5.76 Å². The molecule has 7 nitrogen and oxygen atoms in total. The zero-order valence-electron chi connectivity index (χ0n) is 15.3. The van der Waals surface area contributed by atoms with Gasteiger partial charge in [0.2, 0.25) is 5.91 Å². The molecule has 0 saturated carbocycles. The predicted molar refractivity (Wildman–Crippen MR) is 108 cm³/mol. The van der Waals surface area contributed by atoms with Crippen molar-refractivity contribution >= 4 is 35.8 Å². The van der Waals surface area contributed by atoms with Crippen molar-refractivity contribution in [1.29, 1.82) is 0 Å². The van der Waals surface area contributed by atoms with Crippen LogP contribution in [0.1, 0.15) is 32.6 Å². The molecule has 8 heteroatoms. The minimum Gasteiger partial charge on any atom is -0.468 e. The molecule has 0 saturated heterocycles. The van der Waals surface area contributed by atoms with Crippen LogP contribution in [0.2, 0.25) is 0 Å². The van der Waals surface area contributed by atoms with Crippen LogP contribution in [0.25, 0.3) is 0 Å². The summed E-state index contributed by atoms with van der Waals surface area (Å²) >= 11 is 0. The summed E-state index contributed by atoms with van der Waals surface area (Å²) in [6.45, 7) is 6.63. The normalized spacial score (nSPS) is 13.2. The van der Waals surface area contributed by atoms with Gasteiger partial charge < -0.3 is 20.4 Å². The zero-order valence-corrected chi connectivity index (χ0v) is 17.7. The van der Waals surface area contributed by atoms with E-state index in [9.17, 15) is 4.79 Å². The van der Waals surface area contributed by atoms with Crippen LogP contribution in [0.3, 0.4) is 0 Å². The second kappa shape index (κ2) is 10.5. The number of hydrogen-bond donors (Lipinski definition) is 3. The van der Waals surface area contributed by atoms with E-state index in [0.29, 0.717) is 12.5 Å². The largest absolute Gasteiger partial charge is 0.468 e. The van der Waals surface area contributed by atoms with E-state index >= 15 is 0 Å². The lowest BCUT2D eigenvalue weighted by atomic mass is 10.1. The van der Waals surface area contributed by atoms with Gasteiger partial charge in [0.1, 0.15) is 5.76 Å². The van der Waals surface area contributed by atoms with Crippen molar-refractivity contribution in [2.45, 2.75) is 32.4 Å². The van der Waals surface area contributed by atoms with Crippen LogP contribution >= 0.6 is 24.0 Å². The molecule has 0 radical (unpaired) electrons. The average Bonchev–Trinajstić information content (AvgIpc) is 2.94. The summed E-state index contributed by atoms with van der Waals surface area (Å²) in [5.74, 6) is 1.38. The molecule has 0 fully saturated rings. The zero-order chi connectivity index (χ0) is 17.5. The van der Waals surface area contributed by atoms with Crippen LogP contribution in [0.15, 0.2) is 27.8 Å². The highest BCUT2D eigenvalue weighted by molar-refractivity contribution is 14.0. The van der Waals surface area contributed by atoms with Crippen LogP contribution in [0.4, 0.5) is 0 Å². The van der Waals surface area contributed by atoms with Gasteiger partial charge in [0.25, 0.3) is 0 Å². The lowest BCUT2D eigenvalue weighted by Gasteiger charge is -2.24. The Bertz CT molecular complexity index is 509. The smallest absolute Gasteiger partial charge is 0.239 e. The summed E-state index contributed by atoms with van der Waals surface area (Å²) in [5.41, 5.74) is -0.245. The molecule has 1 unspecified atom stereocenters. The predicted octanol–water partition coefficient (Wildman–Crippen LogP) is 1.58. The maximum absolute atomic E-state index is 11.8. The molecule has 24 heavy (non-hydrogen) atoms. The Labute approximate surface area is 161 Å². The lowest BCUT2D eigenvalue weighted by molar-refractivity contribution is -0.121. The number of rotatable bonds is 6. The number of aliphatic imine (C=N–C) groups is 1. The standard InChI is InChI=1S/C16H29N5O2.HI/c1-16(2,3)20-14(22)11-19-15(17-4)18-10-12(21(5)6)13-8-7-9-23-13;/h7-9,12H,10-11H2,1-6H3,(H,20,22)(H2,17,18,19);1H. The van der Waals surface area contributed by atoms with Crippen LogP contribution in [0, 0.1) is 0 Å². The van der Waals surface area contributed by atoms with Gasteiger partial charge >= 0.3 is 0 Å². The number of nitrogens with one attached hydrogen (secondary N) is 3. The Kier molecular flexibility index (Phi) is 9.98. The SMILES string of the molecule is CN=C(NCC(=O)NC(C)(C)C)NCC(c1ccco1)N(C)C.I. The van der Waals surface area contributed by atoms with Crippen molar-refractivity contribution in [3.05, 3.63) is 24.2 Å². The first-order chi connectivity index (χ1) is 10.7. The number of amides is 1. The third-order valence-corrected chi connectivity index (χ3v) is 3.11. The molecule has 0 aromatic carbocycles. The maximum Gasteiger partial charge on any atom is 0.239 e. The molecule has 0 aliphatic carbocycles. The van der Waals surface area contributed by atoms with E-state index in [1.54, 1.807) is 13.3 Å². The van der Waals surface area contributed by atoms with Crippen molar-refractivity contribution in [2.24, 2.45) is 4.99 Å². The van der Waals surface area contributed by atoms with Crippen molar-refractivity contribution in [3.8, 4) is 0 Å².